The van der Waals surface area contributed by atoms with Crippen molar-refractivity contribution in [2.45, 2.75) is 37.5 Å². The minimum atomic E-state index is -3.74. The largest absolute Gasteiger partial charge is 0.586 e. The summed E-state index contributed by atoms with van der Waals surface area (Å²) >= 11 is 1.05. The molecule has 2 N–H and O–H groups in total. The molecule has 0 aliphatic carbocycles. The molecule has 14 heteroatoms. The molecule has 1 amide bonds. The first-order valence-corrected chi connectivity index (χ1v) is 11.0. The van der Waals surface area contributed by atoms with Crippen molar-refractivity contribution in [3.63, 3.8) is 0 Å². The molecule has 2 atom stereocenters. The monoisotopic (exact) mass is 499 g/mol. The molecule has 0 saturated carbocycles. The topological polar surface area (TPSA) is 109 Å². The number of piperidine rings is 1. The summed E-state index contributed by atoms with van der Waals surface area (Å²) in [6.07, 6.45) is -2.11. The van der Waals surface area contributed by atoms with Gasteiger partial charge >= 0.3 is 6.29 Å². The predicted molar refractivity (Wildman–Crippen MR) is 113 cm³/mol. The van der Waals surface area contributed by atoms with Crippen molar-refractivity contribution in [2.75, 3.05) is 18.4 Å². The van der Waals surface area contributed by atoms with Crippen LogP contribution < -0.4 is 20.3 Å². The number of nitrogens with zero attached hydrogens (tertiary/aromatic N) is 3. The Morgan fingerprint density at radius 3 is 2.74 bits per heavy atom. The maximum Gasteiger partial charge on any atom is 0.586 e. The van der Waals surface area contributed by atoms with E-state index in [2.05, 4.69) is 29.7 Å². The molecule has 2 aliphatic heterocycles. The lowest BCUT2D eigenvalue weighted by molar-refractivity contribution is -0.286. The molecule has 4 heterocycles. The van der Waals surface area contributed by atoms with Gasteiger partial charge in [-0.1, -0.05) is 11.3 Å². The number of benzene rings is 1. The Morgan fingerprint density at radius 2 is 2.03 bits per heavy atom. The number of thiazole rings is 1. The summed E-state index contributed by atoms with van der Waals surface area (Å²) in [5, 5.41) is 2.86. The number of aromatic nitrogens is 3. The maximum absolute atomic E-state index is 14.6. The molecule has 1 saturated heterocycles. The zero-order valence-electron chi connectivity index (χ0n) is 17.5. The molecule has 2 aromatic heterocycles. The fraction of sp³-hybridized carbons (Fsp3) is 0.400. The summed E-state index contributed by atoms with van der Waals surface area (Å²) in [4.78, 5) is 36.1. The smallest absolute Gasteiger partial charge is 0.395 e. The Bertz CT molecular complexity index is 1260. The SMILES string of the molecule is C[C@@H](C(=O)Nc1nc2cc3c(cc2s1)OC(F)(F)O3)N1CCC(F)(F)C(c2c[nH]c(=O)cn2)C1. The number of aromatic amines is 1. The third-order valence-corrected chi connectivity index (χ3v) is 6.71. The van der Waals surface area contributed by atoms with Crippen LogP contribution in [0.15, 0.2) is 29.3 Å². The van der Waals surface area contributed by atoms with Gasteiger partial charge < -0.3 is 19.8 Å². The van der Waals surface area contributed by atoms with E-state index in [9.17, 15) is 27.2 Å². The van der Waals surface area contributed by atoms with Crippen LogP contribution in [-0.2, 0) is 4.79 Å². The third kappa shape index (κ3) is 4.18. The number of alkyl halides is 4. The van der Waals surface area contributed by atoms with Crippen LogP contribution in [0, 0.1) is 0 Å². The molecule has 9 nitrogen and oxygen atoms in total. The fourth-order valence-electron chi connectivity index (χ4n) is 3.93. The quantitative estimate of drug-likeness (QED) is 0.531. The lowest BCUT2D eigenvalue weighted by atomic mass is 9.90. The molecule has 180 valence electrons. The molecule has 0 radical (unpaired) electrons. The molecule has 34 heavy (non-hydrogen) atoms. The Labute approximate surface area is 192 Å². The highest BCUT2D eigenvalue weighted by Gasteiger charge is 2.47. The number of nitrogens with one attached hydrogen (secondary N) is 2. The van der Waals surface area contributed by atoms with Gasteiger partial charge in [-0.25, -0.2) is 13.8 Å². The molecule has 1 aromatic carbocycles. The van der Waals surface area contributed by atoms with Gasteiger partial charge in [0.1, 0.15) is 0 Å². The lowest BCUT2D eigenvalue weighted by Crippen LogP contribution is -2.52. The number of hydrogen-bond acceptors (Lipinski definition) is 8. The second-order valence-electron chi connectivity index (χ2n) is 8.01. The predicted octanol–water partition coefficient (Wildman–Crippen LogP) is 3.15. The number of ether oxygens (including phenoxy) is 2. The van der Waals surface area contributed by atoms with Crippen LogP contribution in [0.4, 0.5) is 22.7 Å². The zero-order valence-corrected chi connectivity index (χ0v) is 18.3. The number of halogens is 4. The lowest BCUT2D eigenvalue weighted by Gasteiger charge is -2.40. The van der Waals surface area contributed by atoms with Gasteiger partial charge in [-0.3, -0.25) is 19.5 Å². The zero-order chi connectivity index (χ0) is 24.3. The van der Waals surface area contributed by atoms with Crippen LogP contribution in [0.3, 0.4) is 0 Å². The van der Waals surface area contributed by atoms with Crippen LogP contribution in [0.25, 0.3) is 10.2 Å². The highest BCUT2D eigenvalue weighted by Crippen LogP contribution is 2.45. The van der Waals surface area contributed by atoms with Crippen LogP contribution in [0.1, 0.15) is 25.0 Å². The highest BCUT2D eigenvalue weighted by atomic mass is 32.1. The van der Waals surface area contributed by atoms with Crippen LogP contribution >= 0.6 is 11.3 Å². The van der Waals surface area contributed by atoms with E-state index in [1.165, 1.54) is 12.1 Å². The number of rotatable bonds is 4. The number of likely N-dealkylation sites (tertiary alicyclic amines) is 1. The Balaban J connectivity index is 1.30. The van der Waals surface area contributed by atoms with Gasteiger partial charge in [0.05, 0.1) is 34.1 Å². The molecule has 0 bridgehead atoms. The van der Waals surface area contributed by atoms with Crippen molar-refractivity contribution >= 4 is 32.6 Å². The van der Waals surface area contributed by atoms with Crippen LogP contribution in [0.5, 0.6) is 11.5 Å². The van der Waals surface area contributed by atoms with Gasteiger partial charge in [0.25, 0.3) is 11.5 Å². The van der Waals surface area contributed by atoms with Gasteiger partial charge in [0.2, 0.25) is 5.91 Å². The highest BCUT2D eigenvalue weighted by molar-refractivity contribution is 7.22. The van der Waals surface area contributed by atoms with Gasteiger partial charge in [-0.2, -0.15) is 0 Å². The van der Waals surface area contributed by atoms with E-state index in [0.29, 0.717) is 10.2 Å². The van der Waals surface area contributed by atoms with E-state index >= 15 is 0 Å². The molecule has 5 rings (SSSR count). The van der Waals surface area contributed by atoms with Crippen LogP contribution in [0.2, 0.25) is 0 Å². The normalized spacial score (nSPS) is 22.0. The number of fused-ring (bicyclic) bond motifs is 2. The Kier molecular flexibility index (Phi) is 5.24. The Morgan fingerprint density at radius 1 is 1.29 bits per heavy atom. The second-order valence-corrected chi connectivity index (χ2v) is 9.04. The molecular weight excluding hydrogens is 482 g/mol. The van der Waals surface area contributed by atoms with Crippen molar-refractivity contribution in [1.29, 1.82) is 0 Å². The first kappa shape index (κ1) is 22.5. The van der Waals surface area contributed by atoms with E-state index in [0.717, 1.165) is 23.7 Å². The molecule has 3 aromatic rings. The standard InChI is InChI=1S/C20H17F4N5O4S/c1-9(29-3-2-19(21,22)10(8-29)12-6-26-16(30)7-25-12)17(31)28-18-27-11-4-13-14(5-15(11)34-18)33-20(23,24)32-13/h4-7,9-10H,2-3,8H2,1H3,(H,26,30)(H,27,28,31)/t9-,10?/m0/s1. The van der Waals surface area contributed by atoms with E-state index in [-0.39, 0.29) is 35.4 Å². The van der Waals surface area contributed by atoms with E-state index < -0.39 is 42.1 Å². The first-order chi connectivity index (χ1) is 16.0. The fourth-order valence-corrected chi connectivity index (χ4v) is 4.81. The molecule has 1 unspecified atom stereocenters. The number of hydrogen-bond donors (Lipinski definition) is 2. The van der Waals surface area contributed by atoms with E-state index in [1.807, 2.05) is 0 Å². The minimum Gasteiger partial charge on any atom is -0.395 e. The van der Waals surface area contributed by atoms with Crippen molar-refractivity contribution in [3.8, 4) is 11.5 Å². The molecule has 2 aliphatic rings. The first-order valence-electron chi connectivity index (χ1n) is 10.2. The van der Waals surface area contributed by atoms with E-state index in [1.54, 1.807) is 11.8 Å². The number of anilines is 1. The Hall–Kier alpha value is -3.26. The van der Waals surface area contributed by atoms with Gasteiger partial charge in [0, 0.05) is 37.8 Å². The van der Waals surface area contributed by atoms with Crippen molar-refractivity contribution < 1.29 is 31.8 Å². The molecule has 1 fully saturated rings. The average molecular weight is 499 g/mol. The van der Waals surface area contributed by atoms with Gasteiger partial charge in [-0.15, -0.1) is 8.78 Å². The number of carbonyl (C=O) groups excluding carboxylic acids is 1. The summed E-state index contributed by atoms with van der Waals surface area (Å²) in [7, 11) is 0. The molecule has 0 spiro atoms. The maximum atomic E-state index is 14.6. The average Bonchev–Trinajstić information content (AvgIpc) is 3.28. The summed E-state index contributed by atoms with van der Waals surface area (Å²) in [6.45, 7) is 1.43. The molecular formula is C20H17F4N5O4S. The van der Waals surface area contributed by atoms with Crippen molar-refractivity contribution in [2.24, 2.45) is 0 Å². The van der Waals surface area contributed by atoms with Crippen molar-refractivity contribution in [3.05, 3.63) is 40.6 Å². The summed E-state index contributed by atoms with van der Waals surface area (Å²) in [5.41, 5.74) is -0.133. The van der Waals surface area contributed by atoms with Gasteiger partial charge in [-0.05, 0) is 6.92 Å². The summed E-state index contributed by atoms with van der Waals surface area (Å²) in [6, 6.07) is 1.86. The minimum absolute atomic E-state index is 0.0170. The number of amides is 1. The number of H-pyrrole nitrogens is 1. The summed E-state index contributed by atoms with van der Waals surface area (Å²) in [5.74, 6) is -5.11. The van der Waals surface area contributed by atoms with E-state index in [4.69, 9.17) is 0 Å². The third-order valence-electron chi connectivity index (χ3n) is 5.78. The van der Waals surface area contributed by atoms with Gasteiger partial charge in [0.15, 0.2) is 16.6 Å². The van der Waals surface area contributed by atoms with Crippen molar-refractivity contribution in [1.82, 2.24) is 19.9 Å². The summed E-state index contributed by atoms with van der Waals surface area (Å²) < 4.78 is 64.9. The van der Waals surface area contributed by atoms with Crippen LogP contribution in [-0.4, -0.2) is 57.1 Å². The number of carbonyl (C=O) groups is 1. The second kappa shape index (κ2) is 7.91.